The van der Waals surface area contributed by atoms with Gasteiger partial charge in [0.2, 0.25) is 0 Å². The number of nitro groups is 1. The molecule has 7 nitrogen and oxygen atoms in total. The Morgan fingerprint density at radius 3 is 2.73 bits per heavy atom. The minimum absolute atomic E-state index is 0.00133. The van der Waals surface area contributed by atoms with Crippen molar-refractivity contribution in [3.63, 3.8) is 0 Å². The average Bonchev–Trinajstić information content (AvgIpc) is 3.39. The topological polar surface area (TPSA) is 89.5 Å². The average molecular weight is 484 g/mol. The summed E-state index contributed by atoms with van der Waals surface area (Å²) in [6.45, 7) is 0.234. The highest BCUT2D eigenvalue weighted by Crippen LogP contribution is 2.32. The van der Waals surface area contributed by atoms with Crippen LogP contribution in [0.25, 0.3) is 16.3 Å². The van der Waals surface area contributed by atoms with Gasteiger partial charge in [-0.25, -0.2) is 4.98 Å². The van der Waals surface area contributed by atoms with Crippen molar-refractivity contribution in [2.24, 2.45) is 0 Å². The van der Waals surface area contributed by atoms with Crippen LogP contribution in [0.2, 0.25) is 0 Å². The Labute approximate surface area is 183 Å². The lowest BCUT2D eigenvalue weighted by molar-refractivity contribution is -0.384. The molecule has 4 rings (SSSR count). The number of benzene rings is 2. The van der Waals surface area contributed by atoms with E-state index in [9.17, 15) is 14.9 Å². The van der Waals surface area contributed by atoms with E-state index in [0.717, 1.165) is 14.7 Å². The number of halogens is 1. The number of nitro benzene ring substituents is 1. The fraction of sp³-hybridized carbons (Fsp3) is 0.0476. The summed E-state index contributed by atoms with van der Waals surface area (Å²) in [6.07, 6.45) is 4.59. The van der Waals surface area contributed by atoms with Crippen molar-refractivity contribution in [1.82, 2.24) is 4.98 Å². The number of anilines is 1. The molecule has 0 atom stereocenters. The van der Waals surface area contributed by atoms with Gasteiger partial charge in [-0.15, -0.1) is 0 Å². The summed E-state index contributed by atoms with van der Waals surface area (Å²) in [5.74, 6) is 0.357. The van der Waals surface area contributed by atoms with Gasteiger partial charge >= 0.3 is 0 Å². The van der Waals surface area contributed by atoms with Gasteiger partial charge in [0.25, 0.3) is 11.6 Å². The predicted octanol–water partition coefficient (Wildman–Crippen LogP) is 5.81. The van der Waals surface area contributed by atoms with E-state index >= 15 is 0 Å². The Morgan fingerprint density at radius 2 is 2.03 bits per heavy atom. The van der Waals surface area contributed by atoms with Crippen LogP contribution in [0.3, 0.4) is 0 Å². The second-order valence-electron chi connectivity index (χ2n) is 6.29. The molecule has 0 saturated heterocycles. The quantitative estimate of drug-likeness (QED) is 0.196. The highest BCUT2D eigenvalue weighted by atomic mass is 79.9. The Hall–Kier alpha value is -3.30. The number of thiazole rings is 1. The maximum atomic E-state index is 13.0. The Kier molecular flexibility index (Phi) is 5.73. The standard InChI is InChI=1S/C21H14BrN3O4S/c22-15-6-9-18-19(12-15)30-21(23-18)24(13-17-2-1-11-29-17)20(26)10-5-14-3-7-16(8-4-14)25(27)28/h1-12H,13H2/b10-5-. The van der Waals surface area contributed by atoms with E-state index in [4.69, 9.17) is 4.42 Å². The van der Waals surface area contributed by atoms with Crippen molar-refractivity contribution in [2.45, 2.75) is 6.54 Å². The van der Waals surface area contributed by atoms with Crippen LogP contribution in [-0.4, -0.2) is 15.8 Å². The van der Waals surface area contributed by atoms with Gasteiger partial charge in [0.1, 0.15) is 5.76 Å². The largest absolute Gasteiger partial charge is 0.467 e. The number of aromatic nitrogens is 1. The van der Waals surface area contributed by atoms with Crippen LogP contribution in [0.4, 0.5) is 10.8 Å². The van der Waals surface area contributed by atoms with E-state index in [1.54, 1.807) is 41.5 Å². The molecule has 2 aromatic heterocycles. The van der Waals surface area contributed by atoms with Crippen LogP contribution in [0.5, 0.6) is 0 Å². The molecule has 30 heavy (non-hydrogen) atoms. The van der Waals surface area contributed by atoms with Crippen molar-refractivity contribution >= 4 is 60.3 Å². The molecule has 0 N–H and O–H groups in total. The predicted molar refractivity (Wildman–Crippen MR) is 119 cm³/mol. The minimum atomic E-state index is -0.463. The monoisotopic (exact) mass is 483 g/mol. The number of hydrogen-bond donors (Lipinski definition) is 0. The third-order valence-corrected chi connectivity index (χ3v) is 5.79. The molecular weight excluding hydrogens is 470 g/mol. The van der Waals surface area contributed by atoms with E-state index < -0.39 is 4.92 Å². The van der Waals surface area contributed by atoms with Crippen LogP contribution in [0.15, 0.2) is 75.8 Å². The first-order valence-electron chi connectivity index (χ1n) is 8.82. The third-order valence-electron chi connectivity index (χ3n) is 4.25. The molecule has 0 fully saturated rings. The Balaban J connectivity index is 1.62. The Bertz CT molecular complexity index is 1230. The Morgan fingerprint density at radius 1 is 1.23 bits per heavy atom. The molecule has 9 heteroatoms. The molecule has 0 spiro atoms. The summed E-state index contributed by atoms with van der Waals surface area (Å²) < 4.78 is 7.31. The zero-order valence-corrected chi connectivity index (χ0v) is 17.8. The number of carbonyl (C=O) groups is 1. The molecule has 1 amide bonds. The molecule has 150 valence electrons. The van der Waals surface area contributed by atoms with E-state index in [0.29, 0.717) is 16.5 Å². The highest BCUT2D eigenvalue weighted by molar-refractivity contribution is 9.10. The SMILES string of the molecule is O=C(/C=C\c1ccc([N+](=O)[O-])cc1)N(Cc1ccco1)c1nc2ccc(Br)cc2s1. The smallest absolute Gasteiger partial charge is 0.269 e. The van der Waals surface area contributed by atoms with Gasteiger partial charge in [0, 0.05) is 22.7 Å². The second kappa shape index (κ2) is 8.60. The third kappa shape index (κ3) is 4.47. The van der Waals surface area contributed by atoms with E-state index in [1.165, 1.54) is 29.5 Å². The van der Waals surface area contributed by atoms with Gasteiger partial charge in [-0.05, 0) is 54.1 Å². The van der Waals surface area contributed by atoms with Gasteiger partial charge < -0.3 is 4.42 Å². The van der Waals surface area contributed by atoms with Crippen LogP contribution < -0.4 is 4.90 Å². The molecule has 0 aliphatic rings. The van der Waals surface area contributed by atoms with Gasteiger partial charge in [-0.3, -0.25) is 19.8 Å². The normalized spacial score (nSPS) is 11.2. The van der Waals surface area contributed by atoms with Crippen LogP contribution >= 0.6 is 27.3 Å². The summed E-state index contributed by atoms with van der Waals surface area (Å²) in [5.41, 5.74) is 1.48. The number of non-ortho nitro benzene ring substituents is 1. The number of fused-ring (bicyclic) bond motifs is 1. The van der Waals surface area contributed by atoms with Crippen molar-refractivity contribution in [3.05, 3.63) is 92.8 Å². The zero-order valence-electron chi connectivity index (χ0n) is 15.4. The van der Waals surface area contributed by atoms with Crippen LogP contribution in [0, 0.1) is 10.1 Å². The number of carbonyl (C=O) groups excluding carboxylic acids is 1. The van der Waals surface area contributed by atoms with E-state index in [-0.39, 0.29) is 18.1 Å². The summed E-state index contributed by atoms with van der Waals surface area (Å²) in [5, 5.41) is 11.3. The number of furan rings is 1. The number of amides is 1. The molecule has 2 aromatic carbocycles. The molecule has 0 radical (unpaired) electrons. The fourth-order valence-electron chi connectivity index (χ4n) is 2.76. The molecule has 0 aliphatic heterocycles. The van der Waals surface area contributed by atoms with Crippen molar-refractivity contribution in [3.8, 4) is 0 Å². The first-order valence-corrected chi connectivity index (χ1v) is 10.4. The number of rotatable bonds is 6. The first-order chi connectivity index (χ1) is 14.5. The summed E-state index contributed by atoms with van der Waals surface area (Å²) >= 11 is 4.86. The number of nitrogens with zero attached hydrogens (tertiary/aromatic N) is 3. The van der Waals surface area contributed by atoms with Gasteiger partial charge in [0.05, 0.1) is 27.9 Å². The summed E-state index contributed by atoms with van der Waals surface area (Å²) in [7, 11) is 0. The van der Waals surface area contributed by atoms with Crippen molar-refractivity contribution in [1.29, 1.82) is 0 Å². The molecule has 0 bridgehead atoms. The fourth-order valence-corrected chi connectivity index (χ4v) is 4.29. The molecule has 2 heterocycles. The molecule has 0 saturated carbocycles. The molecular formula is C21H14BrN3O4S. The van der Waals surface area contributed by atoms with Gasteiger partial charge in [0.15, 0.2) is 5.13 Å². The first kappa shape index (κ1) is 20.0. The lowest BCUT2D eigenvalue weighted by Gasteiger charge is -2.16. The van der Waals surface area contributed by atoms with E-state index in [1.807, 2.05) is 18.2 Å². The minimum Gasteiger partial charge on any atom is -0.467 e. The van der Waals surface area contributed by atoms with Gasteiger partial charge in [-0.1, -0.05) is 27.3 Å². The van der Waals surface area contributed by atoms with Crippen LogP contribution in [0.1, 0.15) is 11.3 Å². The van der Waals surface area contributed by atoms with E-state index in [2.05, 4.69) is 20.9 Å². The summed E-state index contributed by atoms with van der Waals surface area (Å²) in [4.78, 5) is 29.5. The van der Waals surface area contributed by atoms with Crippen molar-refractivity contribution < 1.29 is 14.1 Å². The van der Waals surface area contributed by atoms with Gasteiger partial charge in [-0.2, -0.15) is 0 Å². The second-order valence-corrected chi connectivity index (χ2v) is 8.22. The maximum Gasteiger partial charge on any atom is 0.269 e. The van der Waals surface area contributed by atoms with Crippen LogP contribution in [-0.2, 0) is 11.3 Å². The number of hydrogen-bond acceptors (Lipinski definition) is 6. The van der Waals surface area contributed by atoms with Crippen molar-refractivity contribution in [2.75, 3.05) is 4.90 Å². The zero-order chi connectivity index (χ0) is 21.1. The maximum absolute atomic E-state index is 13.0. The lowest BCUT2D eigenvalue weighted by atomic mass is 10.2. The summed E-state index contributed by atoms with van der Waals surface area (Å²) in [6, 6.07) is 15.3. The highest BCUT2D eigenvalue weighted by Gasteiger charge is 2.19. The molecule has 0 unspecified atom stereocenters. The molecule has 4 aromatic rings. The lowest BCUT2D eigenvalue weighted by Crippen LogP contribution is -2.28. The molecule has 0 aliphatic carbocycles.